The molecule has 11 nitrogen and oxygen atoms in total. The van der Waals surface area contributed by atoms with Gasteiger partial charge in [0, 0.05) is 23.8 Å². The van der Waals surface area contributed by atoms with Crippen molar-refractivity contribution in [2.24, 2.45) is 28.6 Å². The second-order valence-corrected chi connectivity index (χ2v) is 12.7. The van der Waals surface area contributed by atoms with Gasteiger partial charge in [-0.1, -0.05) is 37.3 Å². The standard InChI is InChI=1S/C31H31F3O11/c1-13-15-9-18-29-12-43-30(27(41)42-3,25(39)21(38)23(29)28(15,2)11-17(35)20(13)37)24(29)22(26(40)44-18)45-19(36)10-16(31(32,33)34)14-7-5-4-6-8-14/h4-8,10,15,18,21-25,37-39H,9,11-12H2,1-3H3/b16-10-/t15?,18-,21-,22-,23?,24-,25?,28+,29-,30+/m1/s1. The zero-order valence-electron chi connectivity index (χ0n) is 24.4. The van der Waals surface area contributed by atoms with Crippen molar-refractivity contribution >= 4 is 29.3 Å². The number of allylic oxidation sites excluding steroid dienone is 3. The number of hydrogen-bond donors (Lipinski definition) is 3. The molecule has 3 N–H and O–H groups in total. The van der Waals surface area contributed by atoms with Crippen LogP contribution in [-0.4, -0.2) is 88.9 Å². The summed E-state index contributed by atoms with van der Waals surface area (Å²) >= 11 is 0. The molecule has 2 heterocycles. The first-order valence-corrected chi connectivity index (χ1v) is 14.3. The van der Waals surface area contributed by atoms with E-state index >= 15 is 0 Å². The Morgan fingerprint density at radius 1 is 1.11 bits per heavy atom. The molecular formula is C31H31F3O11. The van der Waals surface area contributed by atoms with E-state index in [1.165, 1.54) is 25.1 Å². The van der Waals surface area contributed by atoms with Crippen molar-refractivity contribution in [1.82, 2.24) is 0 Å². The molecule has 0 aromatic heterocycles. The zero-order chi connectivity index (χ0) is 32.9. The first-order valence-electron chi connectivity index (χ1n) is 14.3. The van der Waals surface area contributed by atoms with Gasteiger partial charge in [-0.25, -0.2) is 14.4 Å². The summed E-state index contributed by atoms with van der Waals surface area (Å²) in [5.74, 6) is -8.44. The molecule has 242 valence electrons. The highest BCUT2D eigenvalue weighted by Gasteiger charge is 2.85. The Bertz CT molecular complexity index is 1540. The number of benzene rings is 1. The number of aliphatic hydroxyl groups excluding tert-OH is 3. The Morgan fingerprint density at radius 2 is 1.78 bits per heavy atom. The third-order valence-corrected chi connectivity index (χ3v) is 10.7. The SMILES string of the molecule is COC(=O)[C@@]12OC[C@]34C([C@@H](O)C1O)[C@@]1(C)CC(=O)C(O)=C(C)C1C[C@H]3OC(=O)[C@H](OC(=O)/C=C(/c1ccccc1)C(F)(F)F)[C@H]42. The van der Waals surface area contributed by atoms with Crippen LogP contribution in [-0.2, 0) is 38.1 Å². The summed E-state index contributed by atoms with van der Waals surface area (Å²) in [7, 11) is 0.976. The van der Waals surface area contributed by atoms with Gasteiger partial charge >= 0.3 is 24.1 Å². The number of carbonyl (C=O) groups is 4. The topological polar surface area (TPSA) is 166 Å². The van der Waals surface area contributed by atoms with Crippen molar-refractivity contribution < 1.29 is 66.6 Å². The minimum atomic E-state index is -5.00. The van der Waals surface area contributed by atoms with Gasteiger partial charge in [0.2, 0.25) is 11.7 Å². The van der Waals surface area contributed by atoms with Crippen LogP contribution >= 0.6 is 0 Å². The van der Waals surface area contributed by atoms with Crippen LogP contribution in [0.1, 0.15) is 32.3 Å². The number of esters is 3. The van der Waals surface area contributed by atoms with Gasteiger partial charge in [-0.3, -0.25) is 4.79 Å². The Labute approximate surface area is 254 Å². The number of rotatable bonds is 4. The molecule has 1 spiro atoms. The monoisotopic (exact) mass is 636 g/mol. The van der Waals surface area contributed by atoms with E-state index in [1.807, 2.05) is 0 Å². The van der Waals surface area contributed by atoms with E-state index in [1.54, 1.807) is 6.92 Å². The second kappa shape index (κ2) is 10.1. The first kappa shape index (κ1) is 31.2. The highest BCUT2D eigenvalue weighted by atomic mass is 19.4. The summed E-state index contributed by atoms with van der Waals surface area (Å²) in [6.45, 7) is 2.79. The molecule has 1 aromatic rings. The molecule has 2 bridgehead atoms. The fourth-order valence-corrected chi connectivity index (χ4v) is 9.08. The maximum absolute atomic E-state index is 14.0. The van der Waals surface area contributed by atoms with Crippen molar-refractivity contribution in [3.63, 3.8) is 0 Å². The number of ether oxygens (including phenoxy) is 4. The predicted molar refractivity (Wildman–Crippen MR) is 144 cm³/mol. The molecule has 2 saturated heterocycles. The molecule has 3 unspecified atom stereocenters. The quantitative estimate of drug-likeness (QED) is 0.252. The Kier molecular flexibility index (Phi) is 7.03. The van der Waals surface area contributed by atoms with Crippen LogP contribution in [0.4, 0.5) is 13.2 Å². The van der Waals surface area contributed by atoms with Crippen LogP contribution in [0.3, 0.4) is 0 Å². The molecule has 0 radical (unpaired) electrons. The minimum absolute atomic E-state index is 0.00857. The number of Topliss-reactive ketones (excluding diaryl/α,β-unsaturated/α-hetero) is 1. The van der Waals surface area contributed by atoms with E-state index in [9.17, 15) is 47.7 Å². The smallest absolute Gasteiger partial charge is 0.417 e. The van der Waals surface area contributed by atoms with Crippen LogP contribution in [0.2, 0.25) is 0 Å². The lowest BCUT2D eigenvalue weighted by atomic mass is 9.38. The van der Waals surface area contributed by atoms with Gasteiger partial charge in [0.25, 0.3) is 0 Å². The molecule has 6 rings (SSSR count). The molecular weight excluding hydrogens is 605 g/mol. The number of alkyl halides is 3. The molecule has 14 heteroatoms. The van der Waals surface area contributed by atoms with Gasteiger partial charge < -0.3 is 34.3 Å². The molecule has 5 aliphatic rings. The third-order valence-electron chi connectivity index (χ3n) is 10.7. The molecule has 4 fully saturated rings. The van der Waals surface area contributed by atoms with Gasteiger partial charge in [0.05, 0.1) is 31.3 Å². The summed E-state index contributed by atoms with van der Waals surface area (Å²) in [6, 6.07) is 6.43. The Morgan fingerprint density at radius 3 is 2.40 bits per heavy atom. The van der Waals surface area contributed by atoms with Crippen molar-refractivity contribution in [2.75, 3.05) is 13.7 Å². The average Bonchev–Trinajstić information content (AvgIpc) is 3.29. The third kappa shape index (κ3) is 4.07. The van der Waals surface area contributed by atoms with Gasteiger partial charge in [0.1, 0.15) is 12.2 Å². The van der Waals surface area contributed by atoms with Gasteiger partial charge in [0.15, 0.2) is 11.5 Å². The minimum Gasteiger partial charge on any atom is -0.504 e. The molecule has 2 saturated carbocycles. The molecule has 1 aromatic carbocycles. The number of ketones is 1. The van der Waals surface area contributed by atoms with Crippen LogP contribution < -0.4 is 0 Å². The maximum Gasteiger partial charge on any atom is 0.417 e. The highest BCUT2D eigenvalue weighted by molar-refractivity contribution is 5.96. The predicted octanol–water partition coefficient (Wildman–Crippen LogP) is 2.20. The van der Waals surface area contributed by atoms with Crippen LogP contribution in [0.15, 0.2) is 47.7 Å². The van der Waals surface area contributed by atoms with Crippen LogP contribution in [0.5, 0.6) is 0 Å². The van der Waals surface area contributed by atoms with E-state index in [-0.39, 0.29) is 24.5 Å². The van der Waals surface area contributed by atoms with Crippen molar-refractivity contribution in [3.05, 3.63) is 53.3 Å². The lowest BCUT2D eigenvalue weighted by Crippen LogP contribution is -2.79. The molecule has 45 heavy (non-hydrogen) atoms. The number of carbonyl (C=O) groups excluding carboxylic acids is 4. The summed E-state index contributed by atoms with van der Waals surface area (Å²) in [4.78, 5) is 53.2. The number of aliphatic hydroxyl groups is 3. The number of hydrogen-bond acceptors (Lipinski definition) is 11. The van der Waals surface area contributed by atoms with Crippen molar-refractivity contribution in [1.29, 1.82) is 0 Å². The maximum atomic E-state index is 14.0. The lowest BCUT2D eigenvalue weighted by Gasteiger charge is -2.67. The summed E-state index contributed by atoms with van der Waals surface area (Å²) in [5.41, 5.74) is -6.66. The van der Waals surface area contributed by atoms with Gasteiger partial charge in [-0.05, 0) is 35.8 Å². The van der Waals surface area contributed by atoms with E-state index in [4.69, 9.17) is 18.9 Å². The number of fused-ring (bicyclic) bond motifs is 2. The van der Waals surface area contributed by atoms with Gasteiger partial charge in [-0.2, -0.15) is 13.2 Å². The normalized spacial score (nSPS) is 40.7. The molecule has 0 amide bonds. The highest BCUT2D eigenvalue weighted by Crippen LogP contribution is 2.72. The Hall–Kier alpha value is -3.75. The van der Waals surface area contributed by atoms with E-state index in [0.29, 0.717) is 5.57 Å². The Balaban J connectivity index is 1.50. The van der Waals surface area contributed by atoms with Crippen molar-refractivity contribution in [3.8, 4) is 0 Å². The second-order valence-electron chi connectivity index (χ2n) is 12.7. The fraction of sp³-hybridized carbons (Fsp3) is 0.548. The summed E-state index contributed by atoms with van der Waals surface area (Å²) in [5, 5.41) is 33.8. The summed E-state index contributed by atoms with van der Waals surface area (Å²) < 4.78 is 64.2. The van der Waals surface area contributed by atoms with E-state index in [0.717, 1.165) is 19.2 Å². The van der Waals surface area contributed by atoms with E-state index in [2.05, 4.69) is 0 Å². The van der Waals surface area contributed by atoms with E-state index < -0.39 is 106 Å². The fourth-order valence-electron chi connectivity index (χ4n) is 9.08. The van der Waals surface area contributed by atoms with Crippen LogP contribution in [0, 0.1) is 28.6 Å². The lowest BCUT2D eigenvalue weighted by molar-refractivity contribution is -0.290. The zero-order valence-corrected chi connectivity index (χ0v) is 24.4. The molecule has 2 aliphatic heterocycles. The summed E-state index contributed by atoms with van der Waals surface area (Å²) in [6.07, 6.45) is -12.2. The van der Waals surface area contributed by atoms with Gasteiger partial charge in [-0.15, -0.1) is 0 Å². The number of halogens is 3. The average molecular weight is 637 g/mol. The van der Waals surface area contributed by atoms with Crippen molar-refractivity contribution in [2.45, 2.75) is 62.9 Å². The number of methoxy groups -OCH3 is 1. The molecule has 10 atom stereocenters. The first-order chi connectivity index (χ1) is 21.1. The molecule has 3 aliphatic carbocycles. The van der Waals surface area contributed by atoms with Crippen LogP contribution in [0.25, 0.3) is 5.57 Å². The largest absolute Gasteiger partial charge is 0.504 e.